The predicted molar refractivity (Wildman–Crippen MR) is 78.2 cm³/mol. The summed E-state index contributed by atoms with van der Waals surface area (Å²) >= 11 is 0. The lowest BCUT2D eigenvalue weighted by Gasteiger charge is -2.20. The van der Waals surface area contributed by atoms with Crippen LogP contribution in [0.2, 0.25) is 0 Å². The van der Waals surface area contributed by atoms with E-state index in [9.17, 15) is 0 Å². The first kappa shape index (κ1) is 11.5. The molecule has 2 aromatic rings. The summed E-state index contributed by atoms with van der Waals surface area (Å²) in [7, 11) is 4.28. The van der Waals surface area contributed by atoms with Gasteiger partial charge in [0.05, 0.1) is 0 Å². The van der Waals surface area contributed by atoms with Crippen molar-refractivity contribution in [2.75, 3.05) is 32.1 Å². The molecule has 18 heavy (non-hydrogen) atoms. The molecule has 0 N–H and O–H groups in total. The van der Waals surface area contributed by atoms with E-state index in [1.54, 1.807) is 0 Å². The second-order valence-electron chi connectivity index (χ2n) is 5.37. The van der Waals surface area contributed by atoms with Gasteiger partial charge in [0.2, 0.25) is 0 Å². The van der Waals surface area contributed by atoms with Gasteiger partial charge in [0.1, 0.15) is 0 Å². The quantitative estimate of drug-likeness (QED) is 0.810. The standard InChI is InChI=1S/C16H20N2/c1-17(2)10-5-11-18-12-14-8-3-6-13-7-4-9-15(18)16(13)14/h3-4,6-9H,5,10-12H2,1-2H3. The summed E-state index contributed by atoms with van der Waals surface area (Å²) in [6, 6.07) is 13.3. The van der Waals surface area contributed by atoms with Gasteiger partial charge in [-0.25, -0.2) is 0 Å². The third kappa shape index (κ3) is 1.97. The van der Waals surface area contributed by atoms with E-state index in [0.717, 1.165) is 19.6 Å². The highest BCUT2D eigenvalue weighted by Crippen LogP contribution is 2.36. The van der Waals surface area contributed by atoms with Gasteiger partial charge in [0.25, 0.3) is 0 Å². The summed E-state index contributed by atoms with van der Waals surface area (Å²) in [6.07, 6.45) is 1.22. The maximum absolute atomic E-state index is 2.52. The highest BCUT2D eigenvalue weighted by molar-refractivity contribution is 5.99. The van der Waals surface area contributed by atoms with Gasteiger partial charge in [-0.15, -0.1) is 0 Å². The number of hydrogen-bond acceptors (Lipinski definition) is 2. The van der Waals surface area contributed by atoms with Crippen molar-refractivity contribution in [3.63, 3.8) is 0 Å². The van der Waals surface area contributed by atoms with Crippen LogP contribution in [-0.4, -0.2) is 32.1 Å². The number of rotatable bonds is 4. The van der Waals surface area contributed by atoms with Crippen molar-refractivity contribution in [3.8, 4) is 0 Å². The number of nitrogens with zero attached hydrogens (tertiary/aromatic N) is 2. The summed E-state index contributed by atoms with van der Waals surface area (Å²) < 4.78 is 0. The Labute approximate surface area is 109 Å². The van der Waals surface area contributed by atoms with Gasteiger partial charge >= 0.3 is 0 Å². The van der Waals surface area contributed by atoms with E-state index in [1.807, 2.05) is 0 Å². The average Bonchev–Trinajstić information content (AvgIpc) is 2.70. The fourth-order valence-electron chi connectivity index (χ4n) is 2.86. The lowest BCUT2D eigenvalue weighted by atomic mass is 10.1. The maximum Gasteiger partial charge on any atom is 0.0452 e. The van der Waals surface area contributed by atoms with E-state index in [1.165, 1.54) is 28.4 Å². The first-order chi connectivity index (χ1) is 8.75. The van der Waals surface area contributed by atoms with E-state index in [-0.39, 0.29) is 0 Å². The van der Waals surface area contributed by atoms with E-state index in [2.05, 4.69) is 60.3 Å². The highest BCUT2D eigenvalue weighted by atomic mass is 15.1. The lowest BCUT2D eigenvalue weighted by Crippen LogP contribution is -2.24. The first-order valence-electron chi connectivity index (χ1n) is 6.66. The Kier molecular flexibility index (Phi) is 2.96. The third-order valence-corrected chi connectivity index (χ3v) is 3.70. The molecule has 0 amide bonds. The van der Waals surface area contributed by atoms with Crippen LogP contribution >= 0.6 is 0 Å². The topological polar surface area (TPSA) is 6.48 Å². The Morgan fingerprint density at radius 1 is 1.11 bits per heavy atom. The zero-order valence-corrected chi connectivity index (χ0v) is 11.2. The zero-order chi connectivity index (χ0) is 12.5. The van der Waals surface area contributed by atoms with E-state index < -0.39 is 0 Å². The van der Waals surface area contributed by atoms with Crippen LogP contribution in [0.3, 0.4) is 0 Å². The fraction of sp³-hybridized carbons (Fsp3) is 0.375. The van der Waals surface area contributed by atoms with E-state index >= 15 is 0 Å². The molecule has 0 unspecified atom stereocenters. The molecule has 0 radical (unpaired) electrons. The molecule has 1 aliphatic heterocycles. The van der Waals surface area contributed by atoms with Crippen LogP contribution < -0.4 is 4.90 Å². The average molecular weight is 240 g/mol. The fourth-order valence-corrected chi connectivity index (χ4v) is 2.86. The van der Waals surface area contributed by atoms with Crippen LogP contribution in [0, 0.1) is 0 Å². The number of benzene rings is 2. The van der Waals surface area contributed by atoms with Gasteiger partial charge in [-0.3, -0.25) is 0 Å². The number of anilines is 1. The molecule has 3 rings (SSSR count). The minimum Gasteiger partial charge on any atom is -0.367 e. The van der Waals surface area contributed by atoms with Gasteiger partial charge in [0, 0.05) is 24.2 Å². The molecule has 2 aromatic carbocycles. The largest absolute Gasteiger partial charge is 0.367 e. The molecule has 0 saturated heterocycles. The van der Waals surface area contributed by atoms with Crippen molar-refractivity contribution < 1.29 is 0 Å². The Bertz CT molecular complexity index is 555. The summed E-state index contributed by atoms with van der Waals surface area (Å²) in [5.41, 5.74) is 2.90. The molecule has 0 spiro atoms. The second-order valence-corrected chi connectivity index (χ2v) is 5.37. The third-order valence-electron chi connectivity index (χ3n) is 3.70. The van der Waals surface area contributed by atoms with Crippen LogP contribution in [0.4, 0.5) is 5.69 Å². The smallest absolute Gasteiger partial charge is 0.0452 e. The molecule has 94 valence electrons. The van der Waals surface area contributed by atoms with Gasteiger partial charge in [0.15, 0.2) is 0 Å². The van der Waals surface area contributed by atoms with Crippen molar-refractivity contribution in [1.29, 1.82) is 0 Å². The van der Waals surface area contributed by atoms with Gasteiger partial charge in [-0.1, -0.05) is 30.3 Å². The summed E-state index contributed by atoms with van der Waals surface area (Å²) in [4.78, 5) is 4.77. The predicted octanol–water partition coefficient (Wildman–Crippen LogP) is 3.11. The van der Waals surface area contributed by atoms with Crippen LogP contribution in [0.1, 0.15) is 12.0 Å². The van der Waals surface area contributed by atoms with Gasteiger partial charge in [-0.05, 0) is 44.1 Å². The molecule has 0 aliphatic carbocycles. The molecule has 0 fully saturated rings. The van der Waals surface area contributed by atoms with Crippen molar-refractivity contribution in [2.24, 2.45) is 0 Å². The van der Waals surface area contributed by atoms with E-state index in [4.69, 9.17) is 0 Å². The molecule has 0 saturated carbocycles. The Hall–Kier alpha value is -1.54. The minimum absolute atomic E-state index is 1.07. The van der Waals surface area contributed by atoms with Crippen molar-refractivity contribution in [2.45, 2.75) is 13.0 Å². The Morgan fingerprint density at radius 2 is 1.89 bits per heavy atom. The van der Waals surface area contributed by atoms with Crippen LogP contribution in [0.5, 0.6) is 0 Å². The summed E-state index contributed by atoms with van der Waals surface area (Å²) in [6.45, 7) is 3.37. The molecule has 1 heterocycles. The van der Waals surface area contributed by atoms with Crippen molar-refractivity contribution in [3.05, 3.63) is 42.0 Å². The molecular weight excluding hydrogens is 220 g/mol. The normalized spacial score (nSPS) is 13.8. The van der Waals surface area contributed by atoms with Gasteiger partial charge < -0.3 is 9.80 Å². The van der Waals surface area contributed by atoms with Crippen molar-refractivity contribution >= 4 is 16.5 Å². The molecule has 2 heteroatoms. The Morgan fingerprint density at radius 3 is 2.67 bits per heavy atom. The highest BCUT2D eigenvalue weighted by Gasteiger charge is 2.20. The zero-order valence-electron chi connectivity index (χ0n) is 11.2. The summed E-state index contributed by atoms with van der Waals surface area (Å²) in [5, 5.41) is 2.84. The first-order valence-corrected chi connectivity index (χ1v) is 6.66. The van der Waals surface area contributed by atoms with Crippen LogP contribution in [0.25, 0.3) is 10.8 Å². The molecule has 0 bridgehead atoms. The molecular formula is C16H20N2. The number of hydrogen-bond donors (Lipinski definition) is 0. The van der Waals surface area contributed by atoms with Crippen LogP contribution in [0.15, 0.2) is 36.4 Å². The second kappa shape index (κ2) is 4.62. The Balaban J connectivity index is 1.85. The van der Waals surface area contributed by atoms with Crippen molar-refractivity contribution in [1.82, 2.24) is 4.90 Å². The SMILES string of the molecule is CN(C)CCCN1Cc2cccc3cccc1c23. The molecule has 0 aromatic heterocycles. The minimum atomic E-state index is 1.07. The monoisotopic (exact) mass is 240 g/mol. The summed E-state index contributed by atoms with van der Waals surface area (Å²) in [5.74, 6) is 0. The van der Waals surface area contributed by atoms with Crippen LogP contribution in [-0.2, 0) is 6.54 Å². The molecule has 2 nitrogen and oxygen atoms in total. The van der Waals surface area contributed by atoms with E-state index in [0.29, 0.717) is 0 Å². The molecule has 0 atom stereocenters. The molecule has 1 aliphatic rings. The lowest BCUT2D eigenvalue weighted by molar-refractivity contribution is 0.400. The van der Waals surface area contributed by atoms with Gasteiger partial charge in [-0.2, -0.15) is 0 Å². The maximum atomic E-state index is 2.52.